The average Bonchev–Trinajstić information content (AvgIpc) is 3.02. The minimum absolute atomic E-state index is 0.0337. The molecule has 1 atom stereocenters. The minimum Gasteiger partial charge on any atom is -0.466 e. The Morgan fingerprint density at radius 1 is 1.11 bits per heavy atom. The third-order valence-electron chi connectivity index (χ3n) is 6.97. The molecule has 2 aromatic carbocycles. The van der Waals surface area contributed by atoms with E-state index in [0.29, 0.717) is 17.5 Å². The van der Waals surface area contributed by atoms with Crippen molar-refractivity contribution in [1.29, 1.82) is 10.7 Å². The predicted octanol–water partition coefficient (Wildman–Crippen LogP) is 6.61. The van der Waals surface area contributed by atoms with Crippen LogP contribution in [-0.2, 0) is 15.7 Å². The Hall–Kier alpha value is -3.73. The number of esters is 1. The lowest BCUT2D eigenvalue weighted by Gasteiger charge is -2.43. The zero-order valence-corrected chi connectivity index (χ0v) is 28.4. The van der Waals surface area contributed by atoms with Gasteiger partial charge < -0.3 is 14.5 Å². The molecule has 1 aliphatic rings. The van der Waals surface area contributed by atoms with Crippen molar-refractivity contribution in [1.82, 2.24) is 10.2 Å². The number of carbonyl (C=O) groups excluding carboxylic acids is 2. The lowest BCUT2D eigenvalue weighted by molar-refractivity contribution is -0.870. The summed E-state index contributed by atoms with van der Waals surface area (Å²) in [7, 11) is 7.58. The van der Waals surface area contributed by atoms with E-state index < -0.39 is 35.7 Å². The zero-order chi connectivity index (χ0) is 34.7. The number of ether oxygens (including phenoxy) is 1. The fourth-order valence-electron chi connectivity index (χ4n) is 4.81. The summed E-state index contributed by atoms with van der Waals surface area (Å²) in [6.07, 6.45) is -1.46. The predicted molar refractivity (Wildman–Crippen MR) is 177 cm³/mol. The summed E-state index contributed by atoms with van der Waals surface area (Å²) in [5.74, 6) is 0.524. The van der Waals surface area contributed by atoms with Crippen LogP contribution in [0.25, 0.3) is 0 Å². The van der Waals surface area contributed by atoms with Gasteiger partial charge in [-0.25, -0.2) is 9.59 Å². The van der Waals surface area contributed by atoms with E-state index in [0.717, 1.165) is 58.0 Å². The van der Waals surface area contributed by atoms with Crippen LogP contribution in [0, 0.1) is 16.7 Å². The van der Waals surface area contributed by atoms with Crippen LogP contribution >= 0.6 is 23.4 Å². The number of nitrogens with zero attached hydrogens (tertiary/aromatic N) is 4. The molecule has 0 spiro atoms. The summed E-state index contributed by atoms with van der Waals surface area (Å²) in [5, 5.41) is 21.2. The van der Waals surface area contributed by atoms with Crippen LogP contribution in [0.4, 0.5) is 23.7 Å². The Kier molecular flexibility index (Phi) is 14.4. The number of thioether (sulfide) groups is 1. The second-order valence-electron chi connectivity index (χ2n) is 11.3. The van der Waals surface area contributed by atoms with Gasteiger partial charge in [-0.05, 0) is 60.7 Å². The van der Waals surface area contributed by atoms with Crippen molar-refractivity contribution in [2.45, 2.75) is 32.0 Å². The van der Waals surface area contributed by atoms with Crippen LogP contribution in [-0.4, -0.2) is 86.6 Å². The summed E-state index contributed by atoms with van der Waals surface area (Å²) >= 11 is 6.42. The number of halogens is 4. The van der Waals surface area contributed by atoms with Gasteiger partial charge in [-0.15, -0.1) is 11.6 Å². The third-order valence-corrected chi connectivity index (χ3v) is 8.12. The first-order chi connectivity index (χ1) is 21.7. The summed E-state index contributed by atoms with van der Waals surface area (Å²) in [6, 6.07) is 10.7. The number of urea groups is 1. The lowest BCUT2D eigenvalue weighted by atomic mass is 9.92. The van der Waals surface area contributed by atoms with Crippen LogP contribution in [0.5, 0.6) is 0 Å². The minimum atomic E-state index is -4.65. The fraction of sp³-hybridized carbons (Fsp3) is 0.438. The molecule has 0 radical (unpaired) electrons. The summed E-state index contributed by atoms with van der Waals surface area (Å²) in [5.41, 5.74) is -0.136. The largest absolute Gasteiger partial charge is 0.466 e. The van der Waals surface area contributed by atoms with Gasteiger partial charge in [0.2, 0.25) is 5.96 Å². The van der Waals surface area contributed by atoms with E-state index in [-0.39, 0.29) is 23.5 Å². The fourth-order valence-corrected chi connectivity index (χ4v) is 5.70. The van der Waals surface area contributed by atoms with Gasteiger partial charge >= 0.3 is 18.2 Å². The number of benzene rings is 2. The molecule has 1 aliphatic heterocycles. The summed E-state index contributed by atoms with van der Waals surface area (Å²) < 4.78 is 46.8. The smallest absolute Gasteiger partial charge is 0.416 e. The van der Waals surface area contributed by atoms with Crippen LogP contribution in [0.15, 0.2) is 59.8 Å². The lowest BCUT2D eigenvalue weighted by Crippen LogP contribution is -2.56. The zero-order valence-electron chi connectivity index (χ0n) is 26.9. The summed E-state index contributed by atoms with van der Waals surface area (Å²) in [4.78, 5) is 29.2. The molecule has 2 N–H and O–H groups in total. The Labute approximate surface area is 278 Å². The highest BCUT2D eigenvalue weighted by atomic mass is 35.5. The molecule has 2 aromatic rings. The van der Waals surface area contributed by atoms with Crippen molar-refractivity contribution in [3.63, 3.8) is 0 Å². The van der Waals surface area contributed by atoms with Gasteiger partial charge in [0.15, 0.2) is 0 Å². The number of anilines is 1. The Morgan fingerprint density at radius 3 is 2.30 bits per heavy atom. The number of nitrogens with one attached hydrogen (secondary N) is 2. The maximum absolute atomic E-state index is 13.8. The van der Waals surface area contributed by atoms with Gasteiger partial charge in [0.1, 0.15) is 6.04 Å². The molecule has 2 amide bonds. The standard InChI is InChI=1S/C31H37F3N6O3S.CH3Cl/c1-21-26(28(41)43-5)27(23-13-11-22(20-35)12-14-23)39(30(42)37-15-7-17-44-18-8-16-40(2,3)4)29(36)38(21)25-10-6-9-24(19-25)31(32,33)34;1-2/h6,9-14,19,27,36H,7-8,15-18H2,1-5H3;1H3/p+1/t27-;/m1./s1. The molecule has 0 aliphatic carbocycles. The number of amides is 2. The van der Waals surface area contributed by atoms with Crippen LogP contribution < -0.4 is 10.2 Å². The normalized spacial score (nSPS) is 15.2. The molecule has 14 heteroatoms. The molecule has 0 fully saturated rings. The molecule has 9 nitrogen and oxygen atoms in total. The molecular weight excluding hydrogens is 641 g/mol. The quantitative estimate of drug-likeness (QED) is 0.120. The number of nitriles is 1. The van der Waals surface area contributed by atoms with E-state index in [1.807, 2.05) is 6.07 Å². The number of hydrogen-bond donors (Lipinski definition) is 2. The number of quaternary nitrogens is 1. The number of hydrogen-bond acceptors (Lipinski definition) is 6. The first kappa shape index (κ1) is 38.5. The molecule has 0 aromatic heterocycles. The first-order valence-electron chi connectivity index (χ1n) is 14.4. The Balaban J connectivity index is 0.00000361. The average molecular weight is 682 g/mol. The molecule has 1 heterocycles. The maximum Gasteiger partial charge on any atom is 0.416 e. The van der Waals surface area contributed by atoms with Gasteiger partial charge in [-0.3, -0.25) is 15.2 Å². The third kappa shape index (κ3) is 10.1. The Bertz CT molecular complexity index is 1440. The van der Waals surface area contributed by atoms with Crippen molar-refractivity contribution in [2.75, 3.05) is 64.1 Å². The monoisotopic (exact) mass is 681 g/mol. The van der Waals surface area contributed by atoms with Crippen molar-refractivity contribution < 1.29 is 32.0 Å². The second kappa shape index (κ2) is 17.3. The van der Waals surface area contributed by atoms with E-state index in [1.165, 1.54) is 37.6 Å². The molecular formula is C32H41ClF3N6O3S+. The number of guanidine groups is 1. The van der Waals surface area contributed by atoms with Gasteiger partial charge in [0.05, 0.1) is 57.6 Å². The highest BCUT2D eigenvalue weighted by Gasteiger charge is 2.44. The molecule has 250 valence electrons. The van der Waals surface area contributed by atoms with Crippen molar-refractivity contribution in [2.24, 2.45) is 0 Å². The molecule has 0 saturated carbocycles. The molecule has 3 rings (SSSR count). The van der Waals surface area contributed by atoms with E-state index in [4.69, 9.17) is 10.1 Å². The highest BCUT2D eigenvalue weighted by Crippen LogP contribution is 2.41. The molecule has 0 unspecified atom stereocenters. The van der Waals surface area contributed by atoms with E-state index in [9.17, 15) is 28.0 Å². The molecule has 0 saturated heterocycles. The van der Waals surface area contributed by atoms with Gasteiger partial charge in [-0.1, -0.05) is 18.2 Å². The van der Waals surface area contributed by atoms with Gasteiger partial charge in [0, 0.05) is 30.7 Å². The van der Waals surface area contributed by atoms with Gasteiger partial charge in [-0.2, -0.15) is 30.2 Å². The second-order valence-corrected chi connectivity index (χ2v) is 12.5. The maximum atomic E-state index is 13.8. The number of allylic oxidation sites excluding steroid dienone is 1. The number of carbonyl (C=O) groups is 2. The Morgan fingerprint density at radius 2 is 1.74 bits per heavy atom. The van der Waals surface area contributed by atoms with E-state index in [1.54, 1.807) is 23.9 Å². The van der Waals surface area contributed by atoms with Crippen LogP contribution in [0.3, 0.4) is 0 Å². The highest BCUT2D eigenvalue weighted by molar-refractivity contribution is 7.99. The number of alkyl halides is 4. The van der Waals surface area contributed by atoms with Crippen LogP contribution in [0.2, 0.25) is 0 Å². The van der Waals surface area contributed by atoms with Crippen molar-refractivity contribution >= 4 is 47.0 Å². The summed E-state index contributed by atoms with van der Waals surface area (Å²) in [6.45, 7) is 2.82. The molecule has 46 heavy (non-hydrogen) atoms. The van der Waals surface area contributed by atoms with Crippen molar-refractivity contribution in [3.05, 3.63) is 76.5 Å². The topological polar surface area (TPSA) is 110 Å². The van der Waals surface area contributed by atoms with Gasteiger partial charge in [0.25, 0.3) is 0 Å². The van der Waals surface area contributed by atoms with Crippen molar-refractivity contribution in [3.8, 4) is 6.07 Å². The first-order valence-corrected chi connectivity index (χ1v) is 16.3. The van der Waals surface area contributed by atoms with E-state index >= 15 is 0 Å². The van der Waals surface area contributed by atoms with Crippen LogP contribution in [0.1, 0.15) is 42.5 Å². The number of rotatable bonds is 11. The SMILES string of the molecule is CCl.COC(=O)C1=C(C)N(c2cccc(C(F)(F)F)c2)C(=N)N(C(=O)NCCCSCCC[N+](C)(C)C)[C@@H]1c1ccc(C#N)cc1. The van der Waals surface area contributed by atoms with E-state index in [2.05, 4.69) is 38.1 Å². The molecule has 0 bridgehead atoms. The number of methoxy groups -OCH3 is 1.